The summed E-state index contributed by atoms with van der Waals surface area (Å²) in [5.74, 6) is -2.35. The van der Waals surface area contributed by atoms with Gasteiger partial charge in [0.25, 0.3) is 5.91 Å². The van der Waals surface area contributed by atoms with E-state index in [1.54, 1.807) is 19.9 Å². The molecule has 0 unspecified atom stereocenters. The van der Waals surface area contributed by atoms with Crippen LogP contribution in [-0.2, 0) is 10.0 Å². The highest BCUT2D eigenvalue weighted by Crippen LogP contribution is 2.39. The van der Waals surface area contributed by atoms with Crippen LogP contribution in [0.15, 0.2) is 12.1 Å². The second kappa shape index (κ2) is 7.15. The number of rotatable bonds is 3. The number of benzene rings is 1. The lowest BCUT2D eigenvalue weighted by Crippen LogP contribution is -2.41. The van der Waals surface area contributed by atoms with E-state index in [2.05, 4.69) is 0 Å². The fraction of sp³-hybridized carbons (Fsp3) is 0.562. The van der Waals surface area contributed by atoms with Gasteiger partial charge in [-0.1, -0.05) is 11.6 Å². The predicted molar refractivity (Wildman–Crippen MR) is 89.1 cm³/mol. The van der Waals surface area contributed by atoms with Gasteiger partial charge in [0.15, 0.2) is 0 Å². The fourth-order valence-electron chi connectivity index (χ4n) is 2.92. The normalized spacial score (nSPS) is 21.8. The molecular weight excluding hydrogens is 379 g/mol. The van der Waals surface area contributed by atoms with Crippen LogP contribution in [0.3, 0.4) is 0 Å². The van der Waals surface area contributed by atoms with Crippen molar-refractivity contribution in [1.82, 2.24) is 4.72 Å². The Morgan fingerprint density at radius 3 is 2.16 bits per heavy atom. The molecule has 1 fully saturated rings. The maximum atomic E-state index is 12.7. The van der Waals surface area contributed by atoms with Gasteiger partial charge in [-0.25, -0.2) is 13.1 Å². The first-order valence-corrected chi connectivity index (χ1v) is 9.73. The van der Waals surface area contributed by atoms with Crippen LogP contribution in [0.25, 0.3) is 0 Å². The van der Waals surface area contributed by atoms with Gasteiger partial charge in [0.2, 0.25) is 10.0 Å². The minimum absolute atomic E-state index is 0.0253. The van der Waals surface area contributed by atoms with Crippen molar-refractivity contribution in [2.75, 3.05) is 0 Å². The number of hydrogen-bond acceptors (Lipinski definition) is 3. The number of nitrogens with one attached hydrogen (secondary N) is 1. The highest BCUT2D eigenvalue weighted by Gasteiger charge is 2.44. The summed E-state index contributed by atoms with van der Waals surface area (Å²) < 4.78 is 64.6. The molecule has 1 saturated carbocycles. The molecule has 0 spiro atoms. The smallest absolute Gasteiger partial charge is 0.268 e. The Labute approximate surface area is 149 Å². The predicted octanol–water partition coefficient (Wildman–Crippen LogP) is 4.14. The zero-order valence-electron chi connectivity index (χ0n) is 13.8. The van der Waals surface area contributed by atoms with Crippen molar-refractivity contribution in [1.29, 1.82) is 0 Å². The van der Waals surface area contributed by atoms with E-state index in [1.165, 1.54) is 6.07 Å². The van der Waals surface area contributed by atoms with Gasteiger partial charge < -0.3 is 0 Å². The molecule has 0 heterocycles. The molecule has 1 aromatic rings. The van der Waals surface area contributed by atoms with E-state index in [1.807, 2.05) is 4.72 Å². The van der Waals surface area contributed by atoms with Gasteiger partial charge in [-0.15, -0.1) is 0 Å². The summed E-state index contributed by atoms with van der Waals surface area (Å²) in [5.41, 5.74) is 1.66. The lowest BCUT2D eigenvalue weighted by molar-refractivity contribution is -0.181. The molecule has 0 bridgehead atoms. The largest absolute Gasteiger partial charge is 0.391 e. The molecular formula is C16H19ClF3NO3S. The molecule has 4 nitrogen and oxygen atoms in total. The molecule has 0 aromatic heterocycles. The van der Waals surface area contributed by atoms with E-state index >= 15 is 0 Å². The summed E-state index contributed by atoms with van der Waals surface area (Å²) >= 11 is 6.00. The highest BCUT2D eigenvalue weighted by molar-refractivity contribution is 7.90. The quantitative estimate of drug-likeness (QED) is 0.833. The number of aryl methyl sites for hydroxylation is 2. The molecule has 1 aromatic carbocycles. The van der Waals surface area contributed by atoms with Gasteiger partial charge in [-0.05, 0) is 62.8 Å². The van der Waals surface area contributed by atoms with Crippen LogP contribution >= 0.6 is 11.6 Å². The van der Waals surface area contributed by atoms with E-state index in [4.69, 9.17) is 11.6 Å². The third kappa shape index (κ3) is 4.67. The Kier molecular flexibility index (Phi) is 5.73. The average Bonchev–Trinajstić information content (AvgIpc) is 2.49. The van der Waals surface area contributed by atoms with Gasteiger partial charge >= 0.3 is 6.18 Å². The lowest BCUT2D eigenvalue weighted by Gasteiger charge is -2.29. The first-order chi connectivity index (χ1) is 11.4. The number of sulfonamides is 1. The van der Waals surface area contributed by atoms with Crippen LogP contribution < -0.4 is 4.72 Å². The van der Waals surface area contributed by atoms with E-state index in [-0.39, 0.29) is 36.3 Å². The van der Waals surface area contributed by atoms with E-state index in [0.29, 0.717) is 0 Å². The number of carbonyl (C=O) groups excluding carboxylic acids is 1. The molecule has 9 heteroatoms. The maximum Gasteiger partial charge on any atom is 0.391 e. The van der Waals surface area contributed by atoms with Crippen molar-refractivity contribution in [2.45, 2.75) is 51.0 Å². The summed E-state index contributed by atoms with van der Waals surface area (Å²) in [7, 11) is -4.06. The topological polar surface area (TPSA) is 63.2 Å². The molecule has 1 amide bonds. The molecule has 1 aliphatic rings. The van der Waals surface area contributed by atoms with E-state index in [9.17, 15) is 26.4 Å². The van der Waals surface area contributed by atoms with Crippen LogP contribution in [0.4, 0.5) is 13.2 Å². The molecule has 0 saturated heterocycles. The van der Waals surface area contributed by atoms with Gasteiger partial charge in [-0.2, -0.15) is 13.2 Å². The molecule has 25 heavy (non-hydrogen) atoms. The lowest BCUT2D eigenvalue weighted by atomic mass is 9.88. The average molecular weight is 398 g/mol. The number of amides is 1. The summed E-state index contributed by atoms with van der Waals surface area (Å²) in [6, 6.07) is 3.05. The maximum absolute atomic E-state index is 12.7. The molecule has 140 valence electrons. The second-order valence-corrected chi connectivity index (χ2v) is 8.78. The Bertz CT molecular complexity index is 770. The molecule has 2 rings (SSSR count). The molecule has 1 N–H and O–H groups in total. The molecule has 0 radical (unpaired) electrons. The zero-order chi connectivity index (χ0) is 19.0. The Hall–Kier alpha value is -1.28. The Balaban J connectivity index is 2.09. The fourth-order valence-corrected chi connectivity index (χ4v) is 4.65. The Morgan fingerprint density at radius 2 is 1.64 bits per heavy atom. The third-order valence-electron chi connectivity index (χ3n) is 4.64. The zero-order valence-corrected chi connectivity index (χ0v) is 15.4. The highest BCUT2D eigenvalue weighted by atomic mass is 35.5. The van der Waals surface area contributed by atoms with Gasteiger partial charge in [-0.3, -0.25) is 4.79 Å². The number of alkyl halides is 3. The van der Waals surface area contributed by atoms with Crippen molar-refractivity contribution in [3.05, 3.63) is 33.8 Å². The van der Waals surface area contributed by atoms with Gasteiger partial charge in [0.05, 0.1) is 21.8 Å². The van der Waals surface area contributed by atoms with Crippen molar-refractivity contribution in [2.24, 2.45) is 5.92 Å². The number of halogens is 4. The van der Waals surface area contributed by atoms with Crippen molar-refractivity contribution >= 4 is 27.5 Å². The first kappa shape index (κ1) is 20.0. The van der Waals surface area contributed by atoms with Gasteiger partial charge in [0.1, 0.15) is 0 Å². The van der Waals surface area contributed by atoms with Crippen LogP contribution in [0, 0.1) is 19.8 Å². The minimum Gasteiger partial charge on any atom is -0.268 e. The van der Waals surface area contributed by atoms with Crippen molar-refractivity contribution in [3.63, 3.8) is 0 Å². The molecule has 0 atom stereocenters. The summed E-state index contributed by atoms with van der Waals surface area (Å²) in [4.78, 5) is 12.3. The molecule has 1 aliphatic carbocycles. The van der Waals surface area contributed by atoms with Crippen molar-refractivity contribution in [3.8, 4) is 0 Å². The number of carbonyl (C=O) groups is 1. The van der Waals surface area contributed by atoms with E-state index in [0.717, 1.165) is 11.1 Å². The van der Waals surface area contributed by atoms with E-state index < -0.39 is 33.3 Å². The van der Waals surface area contributed by atoms with Crippen LogP contribution in [0.5, 0.6) is 0 Å². The molecule has 0 aliphatic heterocycles. The summed E-state index contributed by atoms with van der Waals surface area (Å²) in [5, 5.41) is -0.892. The third-order valence-corrected chi connectivity index (χ3v) is 6.77. The Morgan fingerprint density at radius 1 is 1.12 bits per heavy atom. The SMILES string of the molecule is Cc1cc(Cl)c(C(=O)NS(=O)(=O)C2CCC(C(F)(F)F)CC2)cc1C. The summed E-state index contributed by atoms with van der Waals surface area (Å²) in [6.45, 7) is 3.56. The van der Waals surface area contributed by atoms with Crippen LogP contribution in [0.1, 0.15) is 47.2 Å². The first-order valence-electron chi connectivity index (χ1n) is 7.81. The van der Waals surface area contributed by atoms with Crippen LogP contribution in [0.2, 0.25) is 5.02 Å². The minimum atomic E-state index is -4.31. The van der Waals surface area contributed by atoms with Crippen molar-refractivity contribution < 1.29 is 26.4 Å². The monoisotopic (exact) mass is 397 g/mol. The van der Waals surface area contributed by atoms with Crippen LogP contribution in [-0.4, -0.2) is 25.8 Å². The standard InChI is InChI=1S/C16H19ClF3NO3S/c1-9-7-13(14(17)8-10(9)2)15(22)21-25(23,24)12-5-3-11(4-6-12)16(18,19)20/h7-8,11-12H,3-6H2,1-2H3,(H,21,22). The number of hydrogen-bond donors (Lipinski definition) is 1. The van der Waals surface area contributed by atoms with Gasteiger partial charge in [0, 0.05) is 0 Å². The second-order valence-electron chi connectivity index (χ2n) is 6.41. The summed E-state index contributed by atoms with van der Waals surface area (Å²) in [6.07, 6.45) is -5.09.